The molecule has 0 unspecified atom stereocenters. The summed E-state index contributed by atoms with van der Waals surface area (Å²) in [6.45, 7) is 3.97. The second-order valence-corrected chi connectivity index (χ2v) is 6.40. The summed E-state index contributed by atoms with van der Waals surface area (Å²) in [7, 11) is 0. The maximum atomic E-state index is 12.2. The van der Waals surface area contributed by atoms with Crippen LogP contribution in [0.5, 0.6) is 0 Å². The second kappa shape index (κ2) is 5.97. The fourth-order valence-corrected chi connectivity index (χ4v) is 2.46. The Morgan fingerprint density at radius 3 is 2.70 bits per heavy atom. The van der Waals surface area contributed by atoms with Crippen LogP contribution in [0.25, 0.3) is 0 Å². The van der Waals surface area contributed by atoms with E-state index in [0.29, 0.717) is 11.4 Å². The average molecular weight is 402 g/mol. The van der Waals surface area contributed by atoms with Crippen molar-refractivity contribution in [1.29, 1.82) is 0 Å². The number of aromatic amines is 1. The van der Waals surface area contributed by atoms with Gasteiger partial charge in [-0.25, -0.2) is 0 Å². The monoisotopic (exact) mass is 400 g/mol. The lowest BCUT2D eigenvalue weighted by Crippen LogP contribution is -2.14. The van der Waals surface area contributed by atoms with Crippen LogP contribution in [0, 0.1) is 0 Å². The highest BCUT2D eigenvalue weighted by atomic mass is 79.9. The number of halogens is 2. The third-order valence-corrected chi connectivity index (χ3v) is 3.99. The van der Waals surface area contributed by atoms with Gasteiger partial charge in [-0.2, -0.15) is 5.10 Å². The van der Waals surface area contributed by atoms with Gasteiger partial charge < -0.3 is 11.1 Å². The topological polar surface area (TPSA) is 83.8 Å². The molecule has 2 aromatic rings. The molecule has 5 nitrogen and oxygen atoms in total. The molecule has 1 aromatic carbocycles. The van der Waals surface area contributed by atoms with Gasteiger partial charge in [-0.05, 0) is 40.0 Å². The molecule has 20 heavy (non-hydrogen) atoms. The van der Waals surface area contributed by atoms with Crippen molar-refractivity contribution in [2.75, 3.05) is 11.1 Å². The molecule has 1 amide bonds. The minimum absolute atomic E-state index is 0.182. The number of nitrogens with zero attached hydrogens (tertiary/aromatic N) is 1. The Balaban J connectivity index is 2.26. The van der Waals surface area contributed by atoms with Crippen LogP contribution < -0.4 is 11.1 Å². The lowest BCUT2D eigenvalue weighted by Gasteiger charge is -2.07. The van der Waals surface area contributed by atoms with Gasteiger partial charge in [0.2, 0.25) is 0 Å². The number of H-pyrrole nitrogens is 1. The summed E-state index contributed by atoms with van der Waals surface area (Å²) in [6.07, 6.45) is 0. The Kier molecular flexibility index (Phi) is 4.49. The molecule has 0 aliphatic carbocycles. The molecular formula is C13H14Br2N4O. The third-order valence-electron chi connectivity index (χ3n) is 2.80. The zero-order chi connectivity index (χ0) is 14.9. The summed E-state index contributed by atoms with van der Waals surface area (Å²) in [5.41, 5.74) is 7.97. The average Bonchev–Trinajstić information content (AvgIpc) is 2.76. The number of nitrogen functional groups attached to an aromatic ring is 1. The lowest BCUT2D eigenvalue weighted by atomic mass is 10.1. The number of amides is 1. The number of carbonyl (C=O) groups is 1. The normalized spacial score (nSPS) is 10.8. The summed E-state index contributed by atoms with van der Waals surface area (Å²) in [5, 5.41) is 9.59. The first-order valence-corrected chi connectivity index (χ1v) is 7.59. The molecule has 106 valence electrons. The van der Waals surface area contributed by atoms with E-state index in [9.17, 15) is 4.79 Å². The SMILES string of the molecule is CC(C)c1[nH]nc(C(=O)Nc2cc(Br)ccc2Br)c1N. The maximum Gasteiger partial charge on any atom is 0.278 e. The van der Waals surface area contributed by atoms with E-state index in [0.717, 1.165) is 14.6 Å². The van der Waals surface area contributed by atoms with E-state index in [1.165, 1.54) is 0 Å². The Bertz CT molecular complexity index is 652. The van der Waals surface area contributed by atoms with Gasteiger partial charge in [0.25, 0.3) is 5.91 Å². The first kappa shape index (κ1) is 15.1. The number of nitrogens with one attached hydrogen (secondary N) is 2. The van der Waals surface area contributed by atoms with Crippen LogP contribution in [0.3, 0.4) is 0 Å². The predicted octanol–water partition coefficient (Wildman–Crippen LogP) is 3.89. The number of rotatable bonds is 3. The molecule has 0 saturated heterocycles. The van der Waals surface area contributed by atoms with E-state index in [1.54, 1.807) is 6.07 Å². The van der Waals surface area contributed by atoms with Crippen molar-refractivity contribution in [2.24, 2.45) is 0 Å². The van der Waals surface area contributed by atoms with Crippen LogP contribution in [0.1, 0.15) is 35.9 Å². The number of aromatic nitrogens is 2. The molecule has 0 saturated carbocycles. The molecule has 0 atom stereocenters. The Morgan fingerprint density at radius 2 is 2.10 bits per heavy atom. The van der Waals surface area contributed by atoms with Crippen molar-refractivity contribution in [1.82, 2.24) is 10.2 Å². The van der Waals surface area contributed by atoms with Crippen molar-refractivity contribution in [2.45, 2.75) is 19.8 Å². The summed E-state index contributed by atoms with van der Waals surface area (Å²) in [6, 6.07) is 5.51. The van der Waals surface area contributed by atoms with E-state index < -0.39 is 0 Å². The molecule has 1 aromatic heterocycles. The van der Waals surface area contributed by atoms with Crippen LogP contribution in [0.15, 0.2) is 27.1 Å². The molecular weight excluding hydrogens is 388 g/mol. The van der Waals surface area contributed by atoms with E-state index in [-0.39, 0.29) is 17.5 Å². The molecule has 0 aliphatic heterocycles. The highest BCUT2D eigenvalue weighted by Gasteiger charge is 2.19. The Morgan fingerprint density at radius 1 is 1.40 bits per heavy atom. The largest absolute Gasteiger partial charge is 0.395 e. The number of hydrogen-bond donors (Lipinski definition) is 3. The first-order valence-electron chi connectivity index (χ1n) is 6.00. The van der Waals surface area contributed by atoms with Crippen molar-refractivity contribution in [3.63, 3.8) is 0 Å². The minimum atomic E-state index is -0.343. The van der Waals surface area contributed by atoms with E-state index in [2.05, 4.69) is 47.4 Å². The van der Waals surface area contributed by atoms with Crippen molar-refractivity contribution in [3.8, 4) is 0 Å². The van der Waals surface area contributed by atoms with Crippen molar-refractivity contribution < 1.29 is 4.79 Å². The zero-order valence-electron chi connectivity index (χ0n) is 11.0. The summed E-state index contributed by atoms with van der Waals surface area (Å²) < 4.78 is 1.65. The summed E-state index contributed by atoms with van der Waals surface area (Å²) in [5.74, 6) is -0.161. The van der Waals surface area contributed by atoms with Crippen LogP contribution in [-0.2, 0) is 0 Å². The van der Waals surface area contributed by atoms with Crippen molar-refractivity contribution >= 4 is 49.1 Å². The molecule has 0 spiro atoms. The van der Waals surface area contributed by atoms with Gasteiger partial charge in [-0.1, -0.05) is 29.8 Å². The summed E-state index contributed by atoms with van der Waals surface area (Å²) >= 11 is 6.74. The highest BCUT2D eigenvalue weighted by Crippen LogP contribution is 2.28. The molecule has 2 rings (SSSR count). The van der Waals surface area contributed by atoms with Gasteiger partial charge >= 0.3 is 0 Å². The Labute approximate surface area is 133 Å². The first-order chi connectivity index (χ1) is 9.40. The standard InChI is InChI=1S/C13H14Br2N4O/c1-6(2)11-10(16)12(19-18-11)13(20)17-9-5-7(14)3-4-8(9)15/h3-6H,16H2,1-2H3,(H,17,20)(H,18,19). The van der Waals surface area contributed by atoms with Gasteiger partial charge in [-0.15, -0.1) is 0 Å². The Hall–Kier alpha value is -1.34. The minimum Gasteiger partial charge on any atom is -0.395 e. The second-order valence-electron chi connectivity index (χ2n) is 4.63. The number of hydrogen-bond acceptors (Lipinski definition) is 3. The predicted molar refractivity (Wildman–Crippen MR) is 86.9 cm³/mol. The highest BCUT2D eigenvalue weighted by molar-refractivity contribution is 9.11. The van der Waals surface area contributed by atoms with Gasteiger partial charge in [0.05, 0.1) is 17.1 Å². The lowest BCUT2D eigenvalue weighted by molar-refractivity contribution is 0.102. The van der Waals surface area contributed by atoms with Crippen LogP contribution in [-0.4, -0.2) is 16.1 Å². The number of anilines is 2. The van der Waals surface area contributed by atoms with Crippen LogP contribution in [0.2, 0.25) is 0 Å². The maximum absolute atomic E-state index is 12.2. The van der Waals surface area contributed by atoms with E-state index in [1.807, 2.05) is 26.0 Å². The molecule has 0 radical (unpaired) electrons. The molecule has 7 heteroatoms. The van der Waals surface area contributed by atoms with E-state index >= 15 is 0 Å². The van der Waals surface area contributed by atoms with E-state index in [4.69, 9.17) is 5.73 Å². The fourth-order valence-electron chi connectivity index (χ4n) is 1.75. The van der Waals surface area contributed by atoms with Crippen molar-refractivity contribution in [3.05, 3.63) is 38.5 Å². The van der Waals surface area contributed by atoms with Crippen LogP contribution >= 0.6 is 31.9 Å². The van der Waals surface area contributed by atoms with Crippen LogP contribution in [0.4, 0.5) is 11.4 Å². The molecule has 0 fully saturated rings. The van der Waals surface area contributed by atoms with Gasteiger partial charge in [0.15, 0.2) is 5.69 Å². The fraction of sp³-hybridized carbons (Fsp3) is 0.231. The number of benzene rings is 1. The third kappa shape index (κ3) is 3.04. The summed E-state index contributed by atoms with van der Waals surface area (Å²) in [4.78, 5) is 12.2. The molecule has 0 bridgehead atoms. The quantitative estimate of drug-likeness (QED) is 0.729. The van der Waals surface area contributed by atoms with Gasteiger partial charge in [-0.3, -0.25) is 9.89 Å². The molecule has 1 heterocycles. The van der Waals surface area contributed by atoms with Gasteiger partial charge in [0.1, 0.15) is 0 Å². The smallest absolute Gasteiger partial charge is 0.278 e. The number of carbonyl (C=O) groups excluding carboxylic acids is 1. The number of nitrogens with two attached hydrogens (primary N) is 1. The zero-order valence-corrected chi connectivity index (χ0v) is 14.2. The molecule has 4 N–H and O–H groups in total. The van der Waals surface area contributed by atoms with Gasteiger partial charge in [0, 0.05) is 8.95 Å². The molecule has 0 aliphatic rings.